The number of nitrogens with zero attached hydrogens (tertiary/aromatic N) is 3. The van der Waals surface area contributed by atoms with Gasteiger partial charge in [0.05, 0.1) is 28.3 Å². The highest BCUT2D eigenvalue weighted by atomic mass is 16.2. The number of benzene rings is 2. The lowest BCUT2D eigenvalue weighted by atomic mass is 9.78. The van der Waals surface area contributed by atoms with Crippen molar-refractivity contribution in [2.45, 2.75) is 13.1 Å². The molecule has 0 saturated heterocycles. The lowest BCUT2D eigenvalue weighted by Crippen LogP contribution is -2.39. The van der Waals surface area contributed by atoms with Crippen LogP contribution in [0, 0.1) is 5.92 Å². The molecular weight excluding hydrogens is 352 g/mol. The van der Waals surface area contributed by atoms with Crippen molar-refractivity contribution in [3.8, 4) is 0 Å². The molecule has 142 valence electrons. The molecule has 1 aliphatic carbocycles. The molecule has 28 heavy (non-hydrogen) atoms. The lowest BCUT2D eigenvalue weighted by molar-refractivity contribution is -0.116. The van der Waals surface area contributed by atoms with Gasteiger partial charge >= 0.3 is 0 Å². The van der Waals surface area contributed by atoms with E-state index in [9.17, 15) is 9.59 Å². The van der Waals surface area contributed by atoms with Gasteiger partial charge in [0.15, 0.2) is 11.6 Å². The molecule has 3 aromatic rings. The minimum atomic E-state index is -0.661. The Hall–Kier alpha value is -2.96. The van der Waals surface area contributed by atoms with Gasteiger partial charge in [0, 0.05) is 11.6 Å². The normalized spacial score (nSPS) is 18.9. The first-order valence-electron chi connectivity index (χ1n) is 9.48. The first-order chi connectivity index (χ1) is 13.5. The van der Waals surface area contributed by atoms with E-state index < -0.39 is 5.92 Å². The molecule has 1 aromatic heterocycles. The van der Waals surface area contributed by atoms with Gasteiger partial charge in [0.25, 0.3) is 0 Å². The van der Waals surface area contributed by atoms with E-state index in [1.807, 2.05) is 53.9 Å². The van der Waals surface area contributed by atoms with Gasteiger partial charge in [-0.3, -0.25) is 14.6 Å². The maximum Gasteiger partial charge on any atom is 0.177 e. The fourth-order valence-corrected chi connectivity index (χ4v) is 4.53. The molecule has 0 radical (unpaired) electrons. The van der Waals surface area contributed by atoms with E-state index in [2.05, 4.69) is 6.07 Å². The van der Waals surface area contributed by atoms with E-state index in [0.29, 0.717) is 30.8 Å². The molecule has 6 heteroatoms. The van der Waals surface area contributed by atoms with Gasteiger partial charge in [-0.2, -0.15) is 0 Å². The summed E-state index contributed by atoms with van der Waals surface area (Å²) in [6, 6.07) is 12.2. The standard InChI is InChI=1S/C22H22N4O2/c1-24(2)10-9-15-21(27)16-11-25(23)12-26-17-8-7-13-5-3-4-6-14(13)18(17)19(20(16)26)22(15)28/h3-8,11,15H,9-10,12,23H2,1-2H3. The van der Waals surface area contributed by atoms with Crippen molar-refractivity contribution in [3.05, 3.63) is 53.9 Å². The van der Waals surface area contributed by atoms with E-state index in [1.54, 1.807) is 6.20 Å². The number of Topliss-reactive ketones (excluding diaryl/α,β-unsaturated/α-hetero) is 2. The highest BCUT2D eigenvalue weighted by Crippen LogP contribution is 2.43. The van der Waals surface area contributed by atoms with E-state index in [0.717, 1.165) is 27.4 Å². The molecule has 5 rings (SSSR count). The smallest absolute Gasteiger partial charge is 0.177 e. The Bertz CT molecular complexity index is 1190. The number of ketones is 2. The van der Waals surface area contributed by atoms with Gasteiger partial charge in [-0.1, -0.05) is 30.3 Å². The number of hydrogen-bond donors (Lipinski definition) is 1. The zero-order chi connectivity index (χ0) is 19.6. The Morgan fingerprint density at radius 1 is 1.11 bits per heavy atom. The van der Waals surface area contributed by atoms with E-state index in [-0.39, 0.29) is 11.6 Å². The minimum Gasteiger partial charge on any atom is -0.320 e. The Kier molecular flexibility index (Phi) is 3.69. The van der Waals surface area contributed by atoms with E-state index >= 15 is 0 Å². The molecule has 1 aliphatic heterocycles. The first kappa shape index (κ1) is 17.2. The average molecular weight is 374 g/mol. The average Bonchev–Trinajstić information content (AvgIpc) is 3.01. The number of carbonyl (C=O) groups is 2. The zero-order valence-corrected chi connectivity index (χ0v) is 16.0. The molecule has 1 atom stereocenters. The van der Waals surface area contributed by atoms with Gasteiger partial charge in [-0.15, -0.1) is 0 Å². The summed E-state index contributed by atoms with van der Waals surface area (Å²) in [6.45, 7) is 1.09. The third-order valence-corrected chi connectivity index (χ3v) is 5.82. The Balaban J connectivity index is 1.84. The highest BCUT2D eigenvalue weighted by Gasteiger charge is 2.43. The zero-order valence-electron chi connectivity index (χ0n) is 16.0. The summed E-state index contributed by atoms with van der Waals surface area (Å²) in [5, 5.41) is 4.58. The summed E-state index contributed by atoms with van der Waals surface area (Å²) >= 11 is 0. The molecule has 6 nitrogen and oxygen atoms in total. The first-order valence-corrected chi connectivity index (χ1v) is 9.48. The topological polar surface area (TPSA) is 71.6 Å². The highest BCUT2D eigenvalue weighted by molar-refractivity contribution is 6.38. The molecule has 2 N–H and O–H groups in total. The van der Waals surface area contributed by atoms with Crippen LogP contribution in [-0.2, 0) is 11.5 Å². The van der Waals surface area contributed by atoms with Crippen molar-refractivity contribution in [2.24, 2.45) is 11.8 Å². The van der Waals surface area contributed by atoms with Crippen molar-refractivity contribution in [1.29, 1.82) is 0 Å². The third kappa shape index (κ3) is 2.28. The summed E-state index contributed by atoms with van der Waals surface area (Å²) in [5.41, 5.74) is 2.89. The van der Waals surface area contributed by atoms with Gasteiger partial charge in [-0.05, 0) is 43.9 Å². The van der Waals surface area contributed by atoms with Crippen molar-refractivity contribution in [1.82, 2.24) is 14.5 Å². The van der Waals surface area contributed by atoms with Crippen LogP contribution in [0.5, 0.6) is 0 Å². The van der Waals surface area contributed by atoms with E-state index in [4.69, 9.17) is 5.84 Å². The number of allylic oxidation sites excluding steroid dienone is 1. The number of hydrogen-bond acceptors (Lipinski definition) is 5. The Morgan fingerprint density at radius 2 is 1.89 bits per heavy atom. The quantitative estimate of drug-likeness (QED) is 0.564. The van der Waals surface area contributed by atoms with Crippen LogP contribution in [0.25, 0.3) is 27.2 Å². The molecule has 0 fully saturated rings. The molecule has 0 saturated carbocycles. The van der Waals surface area contributed by atoms with Crippen LogP contribution >= 0.6 is 0 Å². The predicted octanol–water partition coefficient (Wildman–Crippen LogP) is 2.62. The minimum absolute atomic E-state index is 0.0652. The number of fused-ring (bicyclic) bond motifs is 5. The summed E-state index contributed by atoms with van der Waals surface area (Å²) in [6.07, 6.45) is 2.20. The number of nitrogens with two attached hydrogens (primary N) is 1. The SMILES string of the molecule is CN(C)CCC1C(=O)C2=CN(N)Cn3c2c(c2c4ccccc4ccc23)C1=O. The molecule has 2 aromatic carbocycles. The summed E-state index contributed by atoms with van der Waals surface area (Å²) in [5.74, 6) is 5.26. The van der Waals surface area contributed by atoms with Crippen LogP contribution in [0.2, 0.25) is 0 Å². The van der Waals surface area contributed by atoms with Crippen LogP contribution in [0.15, 0.2) is 42.6 Å². The molecule has 0 spiro atoms. The van der Waals surface area contributed by atoms with Gasteiger partial charge in [0.1, 0.15) is 6.67 Å². The van der Waals surface area contributed by atoms with Crippen LogP contribution in [0.3, 0.4) is 0 Å². The largest absolute Gasteiger partial charge is 0.320 e. The second-order valence-electron chi connectivity index (χ2n) is 7.90. The summed E-state index contributed by atoms with van der Waals surface area (Å²) in [7, 11) is 3.90. The molecule has 1 unspecified atom stereocenters. The molecule has 0 bridgehead atoms. The number of aromatic nitrogens is 1. The maximum absolute atomic E-state index is 13.6. The van der Waals surface area contributed by atoms with Crippen molar-refractivity contribution in [3.63, 3.8) is 0 Å². The van der Waals surface area contributed by atoms with Crippen LogP contribution in [0.1, 0.15) is 22.5 Å². The monoisotopic (exact) mass is 374 g/mol. The van der Waals surface area contributed by atoms with Gasteiger partial charge in [0.2, 0.25) is 0 Å². The summed E-state index contributed by atoms with van der Waals surface area (Å²) in [4.78, 5) is 28.8. The van der Waals surface area contributed by atoms with Gasteiger partial charge in [-0.25, -0.2) is 5.84 Å². The Morgan fingerprint density at radius 3 is 2.68 bits per heavy atom. The predicted molar refractivity (Wildman–Crippen MR) is 109 cm³/mol. The van der Waals surface area contributed by atoms with Crippen molar-refractivity contribution in [2.75, 3.05) is 20.6 Å². The molecular formula is C22H22N4O2. The molecule has 2 aliphatic rings. The second-order valence-corrected chi connectivity index (χ2v) is 7.90. The second kappa shape index (κ2) is 6.02. The van der Waals surface area contributed by atoms with Crippen LogP contribution < -0.4 is 5.84 Å². The summed E-state index contributed by atoms with van der Waals surface area (Å²) < 4.78 is 2.00. The van der Waals surface area contributed by atoms with Crippen molar-refractivity contribution >= 4 is 38.8 Å². The lowest BCUT2D eigenvalue weighted by Gasteiger charge is -2.30. The number of carbonyl (C=O) groups excluding carboxylic acids is 2. The third-order valence-electron chi connectivity index (χ3n) is 5.82. The van der Waals surface area contributed by atoms with E-state index in [1.165, 1.54) is 5.01 Å². The van der Waals surface area contributed by atoms with Crippen molar-refractivity contribution < 1.29 is 9.59 Å². The van der Waals surface area contributed by atoms with Crippen LogP contribution in [-0.4, -0.2) is 46.7 Å². The molecule has 0 amide bonds. The fourth-order valence-electron chi connectivity index (χ4n) is 4.53. The van der Waals surface area contributed by atoms with Gasteiger partial charge < -0.3 is 9.47 Å². The Labute approximate surface area is 162 Å². The fraction of sp³-hybridized carbons (Fsp3) is 0.273. The number of rotatable bonds is 3. The maximum atomic E-state index is 13.6. The molecule has 2 heterocycles. The number of hydrazine groups is 1. The van der Waals surface area contributed by atoms with Crippen LogP contribution in [0.4, 0.5) is 0 Å².